The second kappa shape index (κ2) is 9.94. The van der Waals surface area contributed by atoms with Crippen LogP contribution in [0.4, 0.5) is 24.5 Å². The third-order valence-corrected chi connectivity index (χ3v) is 6.87. The van der Waals surface area contributed by atoms with Crippen molar-refractivity contribution in [1.29, 1.82) is 0 Å². The van der Waals surface area contributed by atoms with E-state index in [0.717, 1.165) is 11.6 Å². The molecule has 1 amide bonds. The lowest BCUT2D eigenvalue weighted by Gasteiger charge is -2.32. The van der Waals surface area contributed by atoms with Crippen molar-refractivity contribution in [2.24, 2.45) is 0 Å². The van der Waals surface area contributed by atoms with Crippen molar-refractivity contribution in [3.63, 3.8) is 0 Å². The van der Waals surface area contributed by atoms with E-state index < -0.39 is 23.4 Å². The highest BCUT2D eigenvalue weighted by molar-refractivity contribution is 6.07. The quantitative estimate of drug-likeness (QED) is 0.380. The van der Waals surface area contributed by atoms with Crippen LogP contribution in [0.1, 0.15) is 17.9 Å². The molecule has 7 nitrogen and oxygen atoms in total. The number of anilines is 2. The van der Waals surface area contributed by atoms with Crippen LogP contribution in [0.3, 0.4) is 0 Å². The summed E-state index contributed by atoms with van der Waals surface area (Å²) in [6.07, 6.45) is 3.44. The molecule has 2 aliphatic rings. The summed E-state index contributed by atoms with van der Waals surface area (Å²) < 4.78 is 54.0. The van der Waals surface area contributed by atoms with Crippen molar-refractivity contribution in [2.75, 3.05) is 43.1 Å². The van der Waals surface area contributed by atoms with Crippen molar-refractivity contribution < 1.29 is 27.4 Å². The van der Waals surface area contributed by atoms with Gasteiger partial charge in [0.15, 0.2) is 11.6 Å². The van der Waals surface area contributed by atoms with E-state index in [1.807, 2.05) is 29.2 Å². The highest BCUT2D eigenvalue weighted by Gasteiger charge is 2.29. The average Bonchev–Trinajstić information content (AvgIpc) is 2.94. The van der Waals surface area contributed by atoms with Crippen molar-refractivity contribution in [3.8, 4) is 17.0 Å². The number of carbonyl (C=O) groups is 1. The van der Waals surface area contributed by atoms with Gasteiger partial charge < -0.3 is 19.7 Å². The summed E-state index contributed by atoms with van der Waals surface area (Å²) in [4.78, 5) is 24.3. The van der Waals surface area contributed by atoms with Crippen LogP contribution in [0.25, 0.3) is 22.2 Å². The van der Waals surface area contributed by atoms with Gasteiger partial charge in [-0.05, 0) is 24.6 Å². The zero-order chi connectivity index (χ0) is 26.2. The van der Waals surface area contributed by atoms with Crippen molar-refractivity contribution >= 4 is 28.2 Å². The Kier molecular flexibility index (Phi) is 6.32. The number of nitrogens with zero attached hydrogens (tertiary/aromatic N) is 3. The van der Waals surface area contributed by atoms with E-state index in [2.05, 4.69) is 15.3 Å². The fraction of sp³-hybridized carbons (Fsp3) is 0.250. The molecule has 1 fully saturated rings. The van der Waals surface area contributed by atoms with Gasteiger partial charge in [-0.25, -0.2) is 13.2 Å². The number of pyridine rings is 2. The molecule has 1 saturated heterocycles. The van der Waals surface area contributed by atoms with Crippen LogP contribution in [0, 0.1) is 17.5 Å². The minimum absolute atomic E-state index is 0.00384. The number of fused-ring (bicyclic) bond motifs is 2. The number of benzene rings is 2. The summed E-state index contributed by atoms with van der Waals surface area (Å²) in [5.41, 5.74) is 1.87. The first-order valence-electron chi connectivity index (χ1n) is 12.3. The van der Waals surface area contributed by atoms with Crippen LogP contribution in [0.5, 0.6) is 5.75 Å². The normalized spacial score (nSPS) is 17.1. The predicted octanol–water partition coefficient (Wildman–Crippen LogP) is 5.06. The largest absolute Gasteiger partial charge is 0.493 e. The number of hydrogen-bond donors (Lipinski definition) is 1. The van der Waals surface area contributed by atoms with Gasteiger partial charge in [-0.1, -0.05) is 18.2 Å². The Balaban J connectivity index is 1.46. The zero-order valence-electron chi connectivity index (χ0n) is 20.2. The van der Waals surface area contributed by atoms with Gasteiger partial charge >= 0.3 is 0 Å². The average molecular weight is 521 g/mol. The smallest absolute Gasteiger partial charge is 0.232 e. The molecule has 194 valence electrons. The molecular weight excluding hydrogens is 497 g/mol. The van der Waals surface area contributed by atoms with Gasteiger partial charge in [-0.3, -0.25) is 14.8 Å². The monoisotopic (exact) mass is 520 g/mol. The van der Waals surface area contributed by atoms with E-state index in [-0.39, 0.29) is 22.7 Å². The van der Waals surface area contributed by atoms with Crippen molar-refractivity contribution in [3.05, 3.63) is 77.9 Å². The number of morpholine rings is 1. The third kappa shape index (κ3) is 4.30. The maximum absolute atomic E-state index is 14.7. The molecule has 6 rings (SSSR count). The van der Waals surface area contributed by atoms with Crippen LogP contribution in [-0.2, 0) is 9.53 Å². The highest BCUT2D eigenvalue weighted by Crippen LogP contribution is 2.40. The van der Waals surface area contributed by atoms with Crippen LogP contribution >= 0.6 is 0 Å². The molecule has 2 aromatic heterocycles. The van der Waals surface area contributed by atoms with Crippen LogP contribution in [-0.4, -0.2) is 48.8 Å². The number of carbonyl (C=O) groups excluding carboxylic acids is 1. The molecule has 38 heavy (non-hydrogen) atoms. The number of hydrogen-bond acceptors (Lipinski definition) is 6. The minimum Gasteiger partial charge on any atom is -0.493 e. The van der Waals surface area contributed by atoms with E-state index in [0.29, 0.717) is 67.9 Å². The van der Waals surface area contributed by atoms with E-state index >= 15 is 0 Å². The van der Waals surface area contributed by atoms with Crippen LogP contribution in [0.2, 0.25) is 0 Å². The Bertz CT molecular complexity index is 1540. The van der Waals surface area contributed by atoms with Gasteiger partial charge in [0.05, 0.1) is 54.5 Å². The number of amides is 1. The lowest BCUT2D eigenvalue weighted by Crippen LogP contribution is -2.37. The molecule has 4 aromatic rings. The van der Waals surface area contributed by atoms with E-state index in [4.69, 9.17) is 9.47 Å². The number of nitrogens with one attached hydrogen (secondary N) is 1. The summed E-state index contributed by atoms with van der Waals surface area (Å²) in [6, 6.07) is 10.5. The standard InChI is InChI=1S/C28H23F3N4O3/c29-16-13-20(24(31)21(30)14-16)26-25-19(5-7-32-26)27(35-8-11-37-12-9-35)22(15-33-25)34-28(36)18-6-10-38-23-4-2-1-3-17(18)23/h1-5,7,13-15,18H,6,8-12H2,(H,34,36)/t18-/m1/s1. The van der Waals surface area contributed by atoms with E-state index in [9.17, 15) is 18.0 Å². The SMILES string of the molecule is O=C(Nc1cnc2c(-c3cc(F)cc(F)c3F)nccc2c1N1CCOCC1)[C@@H]1CCOc2ccccc21. The van der Waals surface area contributed by atoms with E-state index in [1.165, 1.54) is 12.4 Å². The number of para-hydroxylation sites is 1. The lowest BCUT2D eigenvalue weighted by atomic mass is 9.92. The van der Waals surface area contributed by atoms with Gasteiger partial charge in [-0.2, -0.15) is 0 Å². The Morgan fingerprint density at radius 2 is 1.84 bits per heavy atom. The summed E-state index contributed by atoms with van der Waals surface area (Å²) in [5.74, 6) is -3.38. The number of halogens is 3. The Labute approximate surface area is 216 Å². The molecule has 0 bridgehead atoms. The molecule has 0 radical (unpaired) electrons. The molecule has 0 unspecified atom stereocenters. The fourth-order valence-electron chi connectivity index (χ4n) is 5.09. The number of ether oxygens (including phenoxy) is 2. The molecule has 0 saturated carbocycles. The molecule has 0 aliphatic carbocycles. The first-order chi connectivity index (χ1) is 18.5. The van der Waals surface area contributed by atoms with Gasteiger partial charge in [0.2, 0.25) is 5.91 Å². The number of aromatic nitrogens is 2. The van der Waals surface area contributed by atoms with Gasteiger partial charge in [0.25, 0.3) is 0 Å². The van der Waals surface area contributed by atoms with Gasteiger partial charge in [0.1, 0.15) is 11.6 Å². The summed E-state index contributed by atoms with van der Waals surface area (Å²) >= 11 is 0. The summed E-state index contributed by atoms with van der Waals surface area (Å²) in [7, 11) is 0. The molecule has 2 aliphatic heterocycles. The first kappa shape index (κ1) is 24.2. The Morgan fingerprint density at radius 1 is 1.03 bits per heavy atom. The second-order valence-electron chi connectivity index (χ2n) is 9.14. The molecule has 10 heteroatoms. The first-order valence-corrected chi connectivity index (χ1v) is 12.3. The van der Waals surface area contributed by atoms with Gasteiger partial charge in [0, 0.05) is 41.9 Å². The molecule has 0 spiro atoms. The summed E-state index contributed by atoms with van der Waals surface area (Å²) in [6.45, 7) is 2.47. The molecule has 1 atom stereocenters. The molecule has 2 aromatic carbocycles. The summed E-state index contributed by atoms with van der Waals surface area (Å²) in [5, 5.41) is 3.61. The Hall–Kier alpha value is -4.18. The molecule has 4 heterocycles. The zero-order valence-corrected chi connectivity index (χ0v) is 20.2. The lowest BCUT2D eigenvalue weighted by molar-refractivity contribution is -0.118. The maximum atomic E-state index is 14.7. The number of rotatable bonds is 4. The molecular formula is C28H23F3N4O3. The van der Waals surface area contributed by atoms with Crippen molar-refractivity contribution in [1.82, 2.24) is 9.97 Å². The topological polar surface area (TPSA) is 76.6 Å². The van der Waals surface area contributed by atoms with Crippen molar-refractivity contribution in [2.45, 2.75) is 12.3 Å². The fourth-order valence-corrected chi connectivity index (χ4v) is 5.09. The Morgan fingerprint density at radius 3 is 2.68 bits per heavy atom. The second-order valence-corrected chi connectivity index (χ2v) is 9.14. The van der Waals surface area contributed by atoms with Crippen LogP contribution in [0.15, 0.2) is 54.9 Å². The predicted molar refractivity (Wildman–Crippen MR) is 136 cm³/mol. The third-order valence-electron chi connectivity index (χ3n) is 6.87. The van der Waals surface area contributed by atoms with Gasteiger partial charge in [-0.15, -0.1) is 0 Å². The van der Waals surface area contributed by atoms with Crippen LogP contribution < -0.4 is 15.0 Å². The molecule has 1 N–H and O–H groups in total. The highest BCUT2D eigenvalue weighted by atomic mass is 19.2. The maximum Gasteiger partial charge on any atom is 0.232 e. The minimum atomic E-state index is -1.31. The van der Waals surface area contributed by atoms with E-state index in [1.54, 1.807) is 6.07 Å².